The fraction of sp³-hybridized carbons (Fsp3) is 0.308. The maximum atomic E-state index is 4.31. The largest absolute Gasteiger partial charge is 0.381 e. The van der Waals surface area contributed by atoms with Crippen LogP contribution in [0.15, 0.2) is 30.5 Å². The molecule has 0 aliphatic carbocycles. The molecule has 0 bridgehead atoms. The first-order chi connectivity index (χ1) is 7.65. The van der Waals surface area contributed by atoms with E-state index in [9.17, 15) is 0 Å². The van der Waals surface area contributed by atoms with Crippen LogP contribution in [0.4, 0.5) is 5.69 Å². The van der Waals surface area contributed by atoms with E-state index in [0.29, 0.717) is 0 Å². The van der Waals surface area contributed by atoms with E-state index in [2.05, 4.69) is 47.8 Å². The fourth-order valence-corrected chi connectivity index (χ4v) is 1.69. The third-order valence-electron chi connectivity index (χ3n) is 2.65. The number of benzene rings is 1. The van der Waals surface area contributed by atoms with Crippen LogP contribution in [0.25, 0.3) is 0 Å². The molecule has 0 radical (unpaired) electrons. The molecular formula is C13H17N3. The molecule has 0 amide bonds. The van der Waals surface area contributed by atoms with Crippen molar-refractivity contribution in [3.63, 3.8) is 0 Å². The Bertz CT molecular complexity index is 468. The van der Waals surface area contributed by atoms with Gasteiger partial charge in [0.05, 0.1) is 5.69 Å². The van der Waals surface area contributed by atoms with E-state index in [0.717, 1.165) is 17.9 Å². The average molecular weight is 215 g/mol. The molecule has 16 heavy (non-hydrogen) atoms. The number of aryl methyl sites for hydroxylation is 3. The van der Waals surface area contributed by atoms with Gasteiger partial charge in [0.25, 0.3) is 0 Å². The first kappa shape index (κ1) is 10.7. The molecule has 0 aliphatic heterocycles. The van der Waals surface area contributed by atoms with Crippen LogP contribution in [-0.2, 0) is 13.6 Å². The lowest BCUT2D eigenvalue weighted by Crippen LogP contribution is -1.99. The molecule has 1 aromatic heterocycles. The number of nitrogens with one attached hydrogen (secondary N) is 1. The van der Waals surface area contributed by atoms with Crippen molar-refractivity contribution in [3.8, 4) is 0 Å². The lowest BCUT2D eigenvalue weighted by molar-refractivity contribution is 0.756. The predicted octanol–water partition coefficient (Wildman–Crippen LogP) is 2.65. The second kappa shape index (κ2) is 4.39. The summed E-state index contributed by atoms with van der Waals surface area (Å²) < 4.78 is 1.85. The van der Waals surface area contributed by atoms with E-state index >= 15 is 0 Å². The molecule has 0 fully saturated rings. The van der Waals surface area contributed by atoms with Gasteiger partial charge >= 0.3 is 0 Å². The van der Waals surface area contributed by atoms with E-state index < -0.39 is 0 Å². The Morgan fingerprint density at radius 2 is 1.88 bits per heavy atom. The monoisotopic (exact) mass is 215 g/mol. The number of rotatable bonds is 3. The highest BCUT2D eigenvalue weighted by Gasteiger charge is 2.02. The minimum absolute atomic E-state index is 0.822. The smallest absolute Gasteiger partial charge is 0.0643 e. The topological polar surface area (TPSA) is 29.9 Å². The van der Waals surface area contributed by atoms with Crippen molar-refractivity contribution < 1.29 is 0 Å². The zero-order valence-electron chi connectivity index (χ0n) is 9.99. The van der Waals surface area contributed by atoms with E-state index in [4.69, 9.17) is 0 Å². The molecule has 0 saturated carbocycles. The summed E-state index contributed by atoms with van der Waals surface area (Å²) in [4.78, 5) is 0. The summed E-state index contributed by atoms with van der Waals surface area (Å²) >= 11 is 0. The number of aromatic nitrogens is 2. The maximum absolute atomic E-state index is 4.31. The van der Waals surface area contributed by atoms with Crippen LogP contribution in [0.2, 0.25) is 0 Å². The van der Waals surface area contributed by atoms with Crippen LogP contribution in [0.5, 0.6) is 0 Å². The Labute approximate surface area is 96.1 Å². The van der Waals surface area contributed by atoms with Crippen LogP contribution >= 0.6 is 0 Å². The molecule has 2 aromatic rings. The molecule has 3 heteroatoms. The van der Waals surface area contributed by atoms with Gasteiger partial charge in [0.15, 0.2) is 0 Å². The second-order valence-corrected chi connectivity index (χ2v) is 4.13. The van der Waals surface area contributed by atoms with Crippen molar-refractivity contribution >= 4 is 5.69 Å². The number of hydrogen-bond donors (Lipinski definition) is 1. The van der Waals surface area contributed by atoms with Gasteiger partial charge in [0.2, 0.25) is 0 Å². The third kappa shape index (κ3) is 2.42. The molecule has 0 saturated heterocycles. The second-order valence-electron chi connectivity index (χ2n) is 4.13. The molecule has 3 nitrogen and oxygen atoms in total. The summed E-state index contributed by atoms with van der Waals surface area (Å²) in [5.74, 6) is 0. The summed E-state index contributed by atoms with van der Waals surface area (Å²) in [7, 11) is 1.95. The molecule has 0 spiro atoms. The Morgan fingerprint density at radius 1 is 1.19 bits per heavy atom. The highest BCUT2D eigenvalue weighted by Crippen LogP contribution is 2.11. The first-order valence-electron chi connectivity index (χ1n) is 5.45. The molecule has 84 valence electrons. The molecule has 1 heterocycles. The summed E-state index contributed by atoms with van der Waals surface area (Å²) in [6.07, 6.45) is 2.05. The van der Waals surface area contributed by atoms with Crippen molar-refractivity contribution in [1.82, 2.24) is 9.78 Å². The van der Waals surface area contributed by atoms with Gasteiger partial charge in [-0.15, -0.1) is 0 Å². The van der Waals surface area contributed by atoms with E-state index in [1.165, 1.54) is 11.1 Å². The van der Waals surface area contributed by atoms with E-state index in [1.807, 2.05) is 18.7 Å². The van der Waals surface area contributed by atoms with Gasteiger partial charge in [-0.2, -0.15) is 5.10 Å². The van der Waals surface area contributed by atoms with Gasteiger partial charge in [-0.1, -0.05) is 17.7 Å². The Kier molecular flexibility index (Phi) is 2.95. The van der Waals surface area contributed by atoms with Crippen molar-refractivity contribution in [3.05, 3.63) is 47.3 Å². The molecular weight excluding hydrogens is 198 g/mol. The summed E-state index contributed by atoms with van der Waals surface area (Å²) in [6.45, 7) is 4.95. The SMILES string of the molecule is Cc1ccc(NCc2cn(C)nc2C)cc1. The van der Waals surface area contributed by atoms with Crippen molar-refractivity contribution in [2.24, 2.45) is 7.05 Å². The van der Waals surface area contributed by atoms with E-state index in [1.54, 1.807) is 0 Å². The quantitative estimate of drug-likeness (QED) is 0.853. The third-order valence-corrected chi connectivity index (χ3v) is 2.65. The molecule has 0 unspecified atom stereocenters. The molecule has 0 atom stereocenters. The number of hydrogen-bond acceptors (Lipinski definition) is 2. The van der Waals surface area contributed by atoms with Crippen molar-refractivity contribution in [2.45, 2.75) is 20.4 Å². The zero-order chi connectivity index (χ0) is 11.5. The standard InChI is InChI=1S/C13H17N3/c1-10-4-6-13(7-5-10)14-8-12-9-16(3)15-11(12)2/h4-7,9,14H,8H2,1-3H3. The predicted molar refractivity (Wildman–Crippen MR) is 66.5 cm³/mol. The van der Waals surface area contributed by atoms with Crippen LogP contribution in [-0.4, -0.2) is 9.78 Å². The highest BCUT2D eigenvalue weighted by atomic mass is 15.2. The zero-order valence-corrected chi connectivity index (χ0v) is 9.99. The maximum Gasteiger partial charge on any atom is 0.0643 e. The highest BCUT2D eigenvalue weighted by molar-refractivity contribution is 5.45. The van der Waals surface area contributed by atoms with Gasteiger partial charge in [-0.25, -0.2) is 0 Å². The first-order valence-corrected chi connectivity index (χ1v) is 5.45. The fourth-order valence-electron chi connectivity index (χ4n) is 1.69. The minimum Gasteiger partial charge on any atom is -0.381 e. The van der Waals surface area contributed by atoms with Gasteiger partial charge in [-0.05, 0) is 26.0 Å². The lowest BCUT2D eigenvalue weighted by Gasteiger charge is -2.05. The number of nitrogens with zero attached hydrogens (tertiary/aromatic N) is 2. The van der Waals surface area contributed by atoms with E-state index in [-0.39, 0.29) is 0 Å². The molecule has 1 aromatic carbocycles. The molecule has 2 rings (SSSR count). The van der Waals surface area contributed by atoms with Gasteiger partial charge in [-0.3, -0.25) is 4.68 Å². The van der Waals surface area contributed by atoms with Crippen LogP contribution in [0, 0.1) is 13.8 Å². The Hall–Kier alpha value is -1.77. The van der Waals surface area contributed by atoms with Crippen molar-refractivity contribution in [2.75, 3.05) is 5.32 Å². The number of anilines is 1. The molecule has 0 aliphatic rings. The summed E-state index contributed by atoms with van der Waals surface area (Å²) in [5, 5.41) is 7.70. The molecule has 1 N–H and O–H groups in total. The average Bonchev–Trinajstić information content (AvgIpc) is 2.57. The lowest BCUT2D eigenvalue weighted by atomic mass is 10.2. The Balaban J connectivity index is 2.02. The normalized spacial score (nSPS) is 10.4. The summed E-state index contributed by atoms with van der Waals surface area (Å²) in [5.41, 5.74) is 4.75. The van der Waals surface area contributed by atoms with Gasteiger partial charge < -0.3 is 5.32 Å². The minimum atomic E-state index is 0.822. The Morgan fingerprint density at radius 3 is 2.44 bits per heavy atom. The van der Waals surface area contributed by atoms with Gasteiger partial charge in [0, 0.05) is 31.0 Å². The van der Waals surface area contributed by atoms with Gasteiger partial charge in [0.1, 0.15) is 0 Å². The summed E-state index contributed by atoms with van der Waals surface area (Å²) in [6, 6.07) is 8.42. The van der Waals surface area contributed by atoms with Crippen LogP contribution in [0.1, 0.15) is 16.8 Å². The van der Waals surface area contributed by atoms with Crippen molar-refractivity contribution in [1.29, 1.82) is 0 Å². The van der Waals surface area contributed by atoms with Crippen LogP contribution < -0.4 is 5.32 Å². The van der Waals surface area contributed by atoms with Crippen LogP contribution in [0.3, 0.4) is 0 Å².